The number of hydrogen-bond donors (Lipinski definition) is 2. The van der Waals surface area contributed by atoms with E-state index in [4.69, 9.17) is 0 Å². The van der Waals surface area contributed by atoms with Gasteiger partial charge in [0.2, 0.25) is 11.8 Å². The van der Waals surface area contributed by atoms with Gasteiger partial charge in [-0.3, -0.25) is 14.9 Å². The number of carbonyl (C=O) groups excluding carboxylic acids is 2. The van der Waals surface area contributed by atoms with Gasteiger partial charge in [-0.25, -0.2) is 0 Å². The highest BCUT2D eigenvalue weighted by molar-refractivity contribution is 5.83. The van der Waals surface area contributed by atoms with Gasteiger partial charge in [0, 0.05) is 19.1 Å². The lowest BCUT2D eigenvalue weighted by atomic mass is 10.2. The predicted octanol–water partition coefficient (Wildman–Crippen LogP) is 0.748. The maximum atomic E-state index is 11.9. The summed E-state index contributed by atoms with van der Waals surface area (Å²) >= 11 is 0. The summed E-state index contributed by atoms with van der Waals surface area (Å²) in [5.74, 6) is -0.0279. The van der Waals surface area contributed by atoms with Gasteiger partial charge in [0.25, 0.3) is 0 Å². The number of hydrogen-bond acceptors (Lipinski definition) is 3. The fourth-order valence-electron chi connectivity index (χ4n) is 1.57. The lowest BCUT2D eigenvalue weighted by molar-refractivity contribution is -0.132. The summed E-state index contributed by atoms with van der Waals surface area (Å²) in [6, 6.07) is -0.152. The third-order valence-corrected chi connectivity index (χ3v) is 3.03. The molecule has 0 heterocycles. The Morgan fingerprint density at radius 3 is 2.11 bits per heavy atom. The molecule has 0 saturated heterocycles. The molecule has 18 heavy (non-hydrogen) atoms. The fourth-order valence-corrected chi connectivity index (χ4v) is 1.57. The first kappa shape index (κ1) is 16.9. The molecule has 0 bridgehead atoms. The van der Waals surface area contributed by atoms with E-state index in [1.165, 1.54) is 0 Å². The van der Waals surface area contributed by atoms with Crippen LogP contribution in [0.1, 0.15) is 41.0 Å². The molecule has 0 aromatic heterocycles. The third-order valence-electron chi connectivity index (χ3n) is 3.03. The van der Waals surface area contributed by atoms with Crippen LogP contribution in [0.25, 0.3) is 0 Å². The molecule has 0 spiro atoms. The SMILES string of the molecule is CCC(C)NC(=O)CNC(C)C(=O)N(CC)CC. The number of likely N-dealkylation sites (N-methyl/N-ethyl adjacent to an activating group) is 1. The van der Waals surface area contributed by atoms with Crippen LogP contribution in [0.4, 0.5) is 0 Å². The molecule has 0 radical (unpaired) electrons. The van der Waals surface area contributed by atoms with Gasteiger partial charge < -0.3 is 10.2 Å². The van der Waals surface area contributed by atoms with E-state index in [1.54, 1.807) is 11.8 Å². The van der Waals surface area contributed by atoms with Gasteiger partial charge in [0.1, 0.15) is 0 Å². The van der Waals surface area contributed by atoms with Crippen LogP contribution in [0.2, 0.25) is 0 Å². The molecular weight excluding hydrogens is 230 g/mol. The first-order valence-corrected chi connectivity index (χ1v) is 6.77. The molecule has 5 heteroatoms. The molecule has 2 unspecified atom stereocenters. The van der Waals surface area contributed by atoms with Gasteiger partial charge in [-0.1, -0.05) is 6.92 Å². The predicted molar refractivity (Wildman–Crippen MR) is 73.3 cm³/mol. The highest BCUT2D eigenvalue weighted by Crippen LogP contribution is 1.94. The van der Waals surface area contributed by atoms with Crippen LogP contribution in [0.3, 0.4) is 0 Å². The zero-order valence-electron chi connectivity index (χ0n) is 12.2. The van der Waals surface area contributed by atoms with Crippen LogP contribution in [-0.2, 0) is 9.59 Å². The van der Waals surface area contributed by atoms with Crippen molar-refractivity contribution >= 4 is 11.8 Å². The van der Waals surface area contributed by atoms with Gasteiger partial charge in [0.05, 0.1) is 12.6 Å². The number of nitrogens with one attached hydrogen (secondary N) is 2. The maximum Gasteiger partial charge on any atom is 0.239 e. The molecule has 0 aliphatic heterocycles. The lowest BCUT2D eigenvalue weighted by Gasteiger charge is -2.23. The minimum Gasteiger partial charge on any atom is -0.353 e. The minimum atomic E-state index is -0.326. The van der Waals surface area contributed by atoms with Gasteiger partial charge >= 0.3 is 0 Å². The molecule has 2 N–H and O–H groups in total. The quantitative estimate of drug-likeness (QED) is 0.674. The Morgan fingerprint density at radius 1 is 1.11 bits per heavy atom. The van der Waals surface area contributed by atoms with Crippen LogP contribution in [0.5, 0.6) is 0 Å². The summed E-state index contributed by atoms with van der Waals surface area (Å²) < 4.78 is 0. The van der Waals surface area contributed by atoms with Crippen LogP contribution < -0.4 is 10.6 Å². The third kappa shape index (κ3) is 6.00. The van der Waals surface area contributed by atoms with E-state index in [0.717, 1.165) is 6.42 Å². The number of amides is 2. The molecule has 0 fully saturated rings. The Balaban J connectivity index is 4.05. The van der Waals surface area contributed by atoms with Crippen molar-refractivity contribution in [3.8, 4) is 0 Å². The van der Waals surface area contributed by atoms with Crippen molar-refractivity contribution in [2.75, 3.05) is 19.6 Å². The Kier molecular flexibility index (Phi) is 8.37. The topological polar surface area (TPSA) is 61.4 Å². The molecule has 2 amide bonds. The van der Waals surface area contributed by atoms with E-state index in [1.807, 2.05) is 27.7 Å². The van der Waals surface area contributed by atoms with Crippen molar-refractivity contribution in [1.82, 2.24) is 15.5 Å². The molecule has 0 aliphatic rings. The maximum absolute atomic E-state index is 11.9. The van der Waals surface area contributed by atoms with Crippen LogP contribution in [0, 0.1) is 0 Å². The largest absolute Gasteiger partial charge is 0.353 e. The highest BCUT2D eigenvalue weighted by atomic mass is 16.2. The van der Waals surface area contributed by atoms with Gasteiger partial charge in [-0.15, -0.1) is 0 Å². The van der Waals surface area contributed by atoms with Crippen molar-refractivity contribution in [3.63, 3.8) is 0 Å². The van der Waals surface area contributed by atoms with Crippen molar-refractivity contribution in [2.45, 2.75) is 53.1 Å². The van der Waals surface area contributed by atoms with Crippen LogP contribution >= 0.6 is 0 Å². The Hall–Kier alpha value is -1.10. The Labute approximate surface area is 110 Å². The average Bonchev–Trinajstić information content (AvgIpc) is 2.36. The molecular formula is C13H27N3O2. The normalized spacial score (nSPS) is 13.8. The summed E-state index contributed by atoms with van der Waals surface area (Å²) in [6.45, 7) is 11.2. The number of rotatable bonds is 8. The molecule has 0 aromatic carbocycles. The molecule has 2 atom stereocenters. The Morgan fingerprint density at radius 2 is 1.67 bits per heavy atom. The second-order valence-electron chi connectivity index (χ2n) is 4.49. The molecule has 0 aromatic rings. The van der Waals surface area contributed by atoms with E-state index in [0.29, 0.717) is 13.1 Å². The van der Waals surface area contributed by atoms with Crippen molar-refractivity contribution in [2.24, 2.45) is 0 Å². The first-order chi connectivity index (χ1) is 8.46. The second kappa shape index (κ2) is 8.91. The summed E-state index contributed by atoms with van der Waals surface area (Å²) in [5.41, 5.74) is 0. The summed E-state index contributed by atoms with van der Waals surface area (Å²) in [4.78, 5) is 25.2. The molecule has 0 saturated carbocycles. The second-order valence-corrected chi connectivity index (χ2v) is 4.49. The van der Waals surface area contributed by atoms with E-state index in [9.17, 15) is 9.59 Å². The molecule has 106 valence electrons. The zero-order valence-corrected chi connectivity index (χ0v) is 12.2. The molecule has 0 aliphatic carbocycles. The van der Waals surface area contributed by atoms with Crippen LogP contribution in [-0.4, -0.2) is 48.4 Å². The van der Waals surface area contributed by atoms with E-state index in [2.05, 4.69) is 10.6 Å². The standard InChI is InChI=1S/C13H27N3O2/c1-6-10(4)15-12(17)9-14-11(5)13(18)16(7-2)8-3/h10-11,14H,6-9H2,1-5H3,(H,15,17). The van der Waals surface area contributed by atoms with Gasteiger partial charge in [0.15, 0.2) is 0 Å². The molecule has 0 rings (SSSR count). The van der Waals surface area contributed by atoms with Crippen molar-refractivity contribution in [1.29, 1.82) is 0 Å². The smallest absolute Gasteiger partial charge is 0.239 e. The van der Waals surface area contributed by atoms with Crippen molar-refractivity contribution in [3.05, 3.63) is 0 Å². The Bertz CT molecular complexity index is 265. The fraction of sp³-hybridized carbons (Fsp3) is 0.846. The average molecular weight is 257 g/mol. The summed E-state index contributed by atoms with van der Waals surface area (Å²) in [6.07, 6.45) is 0.902. The van der Waals surface area contributed by atoms with E-state index >= 15 is 0 Å². The van der Waals surface area contributed by atoms with Gasteiger partial charge in [-0.05, 0) is 34.1 Å². The first-order valence-electron chi connectivity index (χ1n) is 6.77. The van der Waals surface area contributed by atoms with E-state index < -0.39 is 0 Å². The lowest BCUT2D eigenvalue weighted by Crippen LogP contribution is -2.48. The molecule has 5 nitrogen and oxygen atoms in total. The van der Waals surface area contributed by atoms with Crippen molar-refractivity contribution < 1.29 is 9.59 Å². The zero-order chi connectivity index (χ0) is 14.1. The number of carbonyl (C=O) groups is 2. The summed E-state index contributed by atoms with van der Waals surface area (Å²) in [5, 5.41) is 5.81. The highest BCUT2D eigenvalue weighted by Gasteiger charge is 2.18. The minimum absolute atomic E-state index is 0.0383. The van der Waals surface area contributed by atoms with Crippen LogP contribution in [0.15, 0.2) is 0 Å². The van der Waals surface area contributed by atoms with E-state index in [-0.39, 0.29) is 30.4 Å². The van der Waals surface area contributed by atoms with Gasteiger partial charge in [-0.2, -0.15) is 0 Å². The summed E-state index contributed by atoms with van der Waals surface area (Å²) in [7, 11) is 0. The number of nitrogens with zero attached hydrogens (tertiary/aromatic N) is 1. The monoisotopic (exact) mass is 257 g/mol.